The van der Waals surface area contributed by atoms with Crippen LogP contribution in [-0.4, -0.2) is 26.0 Å². The van der Waals surface area contributed by atoms with Crippen LogP contribution in [0.15, 0.2) is 29.2 Å². The first-order valence-corrected chi connectivity index (χ1v) is 6.68. The van der Waals surface area contributed by atoms with Gasteiger partial charge < -0.3 is 5.73 Å². The molecular formula is C11H13NO3S. The molecule has 1 aliphatic carbocycles. The maximum atomic E-state index is 12.0. The van der Waals surface area contributed by atoms with Crippen LogP contribution >= 0.6 is 0 Å². The van der Waals surface area contributed by atoms with Crippen LogP contribution in [0.4, 0.5) is 0 Å². The summed E-state index contributed by atoms with van der Waals surface area (Å²) < 4.78 is 24.1. The Hall–Kier alpha value is -1.20. The lowest BCUT2D eigenvalue weighted by molar-refractivity contribution is 0.0998. The van der Waals surface area contributed by atoms with Crippen LogP contribution in [0.3, 0.4) is 0 Å². The van der Waals surface area contributed by atoms with Crippen molar-refractivity contribution in [3.63, 3.8) is 0 Å². The van der Waals surface area contributed by atoms with Crippen LogP contribution in [-0.2, 0) is 9.84 Å². The van der Waals surface area contributed by atoms with Gasteiger partial charge in [0.1, 0.15) is 0 Å². The number of Topliss-reactive ketones (excluding diaryl/α,β-unsaturated/α-hetero) is 1. The van der Waals surface area contributed by atoms with Crippen LogP contribution in [0, 0.1) is 0 Å². The zero-order valence-electron chi connectivity index (χ0n) is 8.72. The summed E-state index contributed by atoms with van der Waals surface area (Å²) in [4.78, 5) is 11.7. The van der Waals surface area contributed by atoms with Crippen molar-refractivity contribution in [2.75, 3.05) is 6.54 Å². The SMILES string of the molecule is NCC(=O)c1ccccc1S(=O)(=O)C1CC1. The van der Waals surface area contributed by atoms with E-state index in [0.29, 0.717) is 12.8 Å². The number of sulfone groups is 1. The molecular weight excluding hydrogens is 226 g/mol. The van der Waals surface area contributed by atoms with Gasteiger partial charge in [-0.2, -0.15) is 0 Å². The van der Waals surface area contributed by atoms with E-state index in [-0.39, 0.29) is 28.0 Å². The summed E-state index contributed by atoms with van der Waals surface area (Å²) in [5, 5.41) is -0.306. The second-order valence-electron chi connectivity index (χ2n) is 3.87. The fourth-order valence-corrected chi connectivity index (χ4v) is 3.49. The van der Waals surface area contributed by atoms with Gasteiger partial charge >= 0.3 is 0 Å². The van der Waals surface area contributed by atoms with E-state index < -0.39 is 9.84 Å². The molecule has 0 unspecified atom stereocenters. The number of hydrogen-bond acceptors (Lipinski definition) is 4. The Kier molecular flexibility index (Phi) is 2.82. The monoisotopic (exact) mass is 239 g/mol. The largest absolute Gasteiger partial charge is 0.324 e. The molecule has 0 aromatic heterocycles. The molecule has 1 aliphatic rings. The Bertz CT molecular complexity index is 518. The highest BCUT2D eigenvalue weighted by molar-refractivity contribution is 7.92. The first-order valence-electron chi connectivity index (χ1n) is 5.13. The van der Waals surface area contributed by atoms with Crippen molar-refractivity contribution in [2.24, 2.45) is 5.73 Å². The van der Waals surface area contributed by atoms with Crippen LogP contribution in [0.25, 0.3) is 0 Å². The predicted octanol–water partition coefficient (Wildman–Crippen LogP) is 0.764. The first-order chi connectivity index (χ1) is 7.57. The van der Waals surface area contributed by atoms with Gasteiger partial charge in [0.25, 0.3) is 0 Å². The zero-order chi connectivity index (χ0) is 11.8. The third-order valence-electron chi connectivity index (χ3n) is 2.64. The Balaban J connectivity index is 2.52. The molecule has 0 spiro atoms. The summed E-state index contributed by atoms with van der Waals surface area (Å²) in [7, 11) is -3.33. The molecule has 5 heteroatoms. The van der Waals surface area contributed by atoms with Crippen LogP contribution in [0.1, 0.15) is 23.2 Å². The molecule has 0 bridgehead atoms. The van der Waals surface area contributed by atoms with Gasteiger partial charge in [-0.15, -0.1) is 0 Å². The van der Waals surface area contributed by atoms with Crippen LogP contribution in [0.5, 0.6) is 0 Å². The van der Waals surface area contributed by atoms with Crippen molar-refractivity contribution in [2.45, 2.75) is 23.0 Å². The fourth-order valence-electron chi connectivity index (χ4n) is 1.61. The first kappa shape index (κ1) is 11.3. The molecule has 0 saturated heterocycles. The Morgan fingerprint density at radius 3 is 2.50 bits per heavy atom. The van der Waals surface area contributed by atoms with Crippen molar-refractivity contribution in [3.8, 4) is 0 Å². The minimum Gasteiger partial charge on any atom is -0.324 e. The maximum Gasteiger partial charge on any atom is 0.181 e. The molecule has 4 nitrogen and oxygen atoms in total. The quantitative estimate of drug-likeness (QED) is 0.787. The van der Waals surface area contributed by atoms with Gasteiger partial charge in [0.2, 0.25) is 0 Å². The smallest absolute Gasteiger partial charge is 0.181 e. The average Bonchev–Trinajstić information content (AvgIpc) is 3.12. The molecule has 0 amide bonds. The summed E-state index contributed by atoms with van der Waals surface area (Å²) in [6.45, 7) is -0.169. The highest BCUT2D eigenvalue weighted by Crippen LogP contribution is 2.34. The van der Waals surface area contributed by atoms with Gasteiger partial charge in [-0.3, -0.25) is 4.79 Å². The molecule has 2 rings (SSSR count). The summed E-state index contributed by atoms with van der Waals surface area (Å²) in [6.07, 6.45) is 1.38. The third-order valence-corrected chi connectivity index (χ3v) is 4.96. The van der Waals surface area contributed by atoms with Crippen molar-refractivity contribution in [1.29, 1.82) is 0 Å². The number of rotatable bonds is 4. The van der Waals surface area contributed by atoms with Crippen molar-refractivity contribution >= 4 is 15.6 Å². The van der Waals surface area contributed by atoms with E-state index in [0.717, 1.165) is 0 Å². The Morgan fingerprint density at radius 1 is 1.31 bits per heavy atom. The van der Waals surface area contributed by atoms with Gasteiger partial charge in [-0.05, 0) is 18.9 Å². The van der Waals surface area contributed by atoms with E-state index in [1.165, 1.54) is 12.1 Å². The topological polar surface area (TPSA) is 77.2 Å². The summed E-state index contributed by atoms with van der Waals surface area (Å²) in [5.74, 6) is -0.333. The van der Waals surface area contributed by atoms with Gasteiger partial charge in [-0.25, -0.2) is 8.42 Å². The standard InChI is InChI=1S/C11H13NO3S/c12-7-10(13)9-3-1-2-4-11(9)16(14,15)8-5-6-8/h1-4,8H,5-7,12H2. The minimum atomic E-state index is -3.33. The van der Waals surface area contributed by atoms with Gasteiger partial charge in [0.05, 0.1) is 16.7 Å². The Labute approximate surface area is 94.4 Å². The zero-order valence-corrected chi connectivity index (χ0v) is 9.53. The van der Waals surface area contributed by atoms with E-state index in [1.807, 2.05) is 0 Å². The summed E-state index contributed by atoms with van der Waals surface area (Å²) in [5.41, 5.74) is 5.48. The van der Waals surface area contributed by atoms with E-state index in [1.54, 1.807) is 12.1 Å². The highest BCUT2D eigenvalue weighted by atomic mass is 32.2. The number of nitrogens with two attached hydrogens (primary N) is 1. The van der Waals surface area contributed by atoms with Crippen molar-refractivity contribution in [1.82, 2.24) is 0 Å². The van der Waals surface area contributed by atoms with Gasteiger partial charge in [-0.1, -0.05) is 18.2 Å². The number of ketones is 1. The second-order valence-corrected chi connectivity index (χ2v) is 6.06. The molecule has 0 heterocycles. The number of benzene rings is 1. The molecule has 0 atom stereocenters. The number of carbonyl (C=O) groups excluding carboxylic acids is 1. The molecule has 1 aromatic carbocycles. The number of hydrogen-bond donors (Lipinski definition) is 1. The molecule has 1 aromatic rings. The van der Waals surface area contributed by atoms with Gasteiger partial charge in [0, 0.05) is 5.56 Å². The lowest BCUT2D eigenvalue weighted by Gasteiger charge is -2.07. The Morgan fingerprint density at radius 2 is 1.94 bits per heavy atom. The molecule has 0 radical (unpaired) electrons. The fraction of sp³-hybridized carbons (Fsp3) is 0.364. The summed E-state index contributed by atoms with van der Waals surface area (Å²) >= 11 is 0. The van der Waals surface area contributed by atoms with Gasteiger partial charge in [0.15, 0.2) is 15.6 Å². The summed E-state index contributed by atoms with van der Waals surface area (Å²) in [6, 6.07) is 6.28. The third kappa shape index (κ3) is 1.88. The minimum absolute atomic E-state index is 0.132. The molecule has 16 heavy (non-hydrogen) atoms. The lowest BCUT2D eigenvalue weighted by Crippen LogP contribution is -2.18. The highest BCUT2D eigenvalue weighted by Gasteiger charge is 2.38. The van der Waals surface area contributed by atoms with E-state index in [2.05, 4.69) is 0 Å². The molecule has 0 aliphatic heterocycles. The number of carbonyl (C=O) groups is 1. The molecule has 1 fully saturated rings. The normalized spacial score (nSPS) is 16.1. The van der Waals surface area contributed by atoms with Crippen molar-refractivity contribution < 1.29 is 13.2 Å². The van der Waals surface area contributed by atoms with E-state index in [9.17, 15) is 13.2 Å². The average molecular weight is 239 g/mol. The van der Waals surface area contributed by atoms with Crippen LogP contribution in [0.2, 0.25) is 0 Å². The molecule has 86 valence electrons. The molecule has 2 N–H and O–H groups in total. The molecule has 1 saturated carbocycles. The van der Waals surface area contributed by atoms with E-state index in [4.69, 9.17) is 5.73 Å². The predicted molar refractivity (Wildman–Crippen MR) is 60.0 cm³/mol. The van der Waals surface area contributed by atoms with Crippen molar-refractivity contribution in [3.05, 3.63) is 29.8 Å². The lowest BCUT2D eigenvalue weighted by atomic mass is 10.1. The second kappa shape index (κ2) is 3.99. The van der Waals surface area contributed by atoms with E-state index >= 15 is 0 Å². The van der Waals surface area contributed by atoms with Crippen LogP contribution < -0.4 is 5.73 Å². The maximum absolute atomic E-state index is 12.0.